The number of fused-ring (bicyclic) bond motifs is 2. The van der Waals surface area contributed by atoms with Crippen LogP contribution in [0.15, 0.2) is 71.6 Å². The van der Waals surface area contributed by atoms with E-state index in [0.717, 1.165) is 77.9 Å². The molecule has 9 nitrogen and oxygen atoms in total. The van der Waals surface area contributed by atoms with Gasteiger partial charge in [-0.2, -0.15) is 0 Å². The molecule has 222 valence electrons. The second-order valence-electron chi connectivity index (χ2n) is 10.2. The van der Waals surface area contributed by atoms with E-state index in [9.17, 15) is 13.2 Å². The average molecular weight is 628 g/mol. The zero-order valence-corrected chi connectivity index (χ0v) is 25.8. The molecule has 1 amide bonds. The van der Waals surface area contributed by atoms with E-state index < -0.39 is 10.0 Å². The van der Waals surface area contributed by atoms with Gasteiger partial charge in [0.25, 0.3) is 15.9 Å². The highest BCUT2D eigenvalue weighted by molar-refractivity contribution is 7.92. The van der Waals surface area contributed by atoms with Crippen molar-refractivity contribution in [2.45, 2.75) is 17.7 Å². The van der Waals surface area contributed by atoms with Crippen molar-refractivity contribution in [2.75, 3.05) is 62.1 Å². The Morgan fingerprint density at radius 1 is 1.00 bits per heavy atom. The van der Waals surface area contributed by atoms with Crippen molar-refractivity contribution >= 4 is 60.7 Å². The van der Waals surface area contributed by atoms with Crippen molar-refractivity contribution < 1.29 is 17.9 Å². The van der Waals surface area contributed by atoms with Crippen LogP contribution in [0.3, 0.4) is 0 Å². The Bertz CT molecular complexity index is 1650. The van der Waals surface area contributed by atoms with E-state index in [1.807, 2.05) is 42.5 Å². The molecular weight excluding hydrogens is 594 g/mol. The normalized spacial score (nSPS) is 15.6. The minimum atomic E-state index is -3.70. The number of carbonyl (C=O) groups excluding carboxylic acids is 1. The van der Waals surface area contributed by atoms with Crippen LogP contribution < -0.4 is 19.3 Å². The lowest BCUT2D eigenvalue weighted by atomic mass is 10.0. The number of nitrogens with one attached hydrogen (secondary N) is 1. The second-order valence-corrected chi connectivity index (χ2v) is 13.1. The van der Waals surface area contributed by atoms with Crippen LogP contribution in [-0.2, 0) is 16.4 Å². The van der Waals surface area contributed by atoms with Gasteiger partial charge in [-0.1, -0.05) is 29.5 Å². The van der Waals surface area contributed by atoms with Crippen LogP contribution in [0.4, 0.5) is 10.8 Å². The topological polar surface area (TPSA) is 95.1 Å². The Balaban J connectivity index is 0.00000353. The lowest BCUT2D eigenvalue weighted by Crippen LogP contribution is -2.48. The number of rotatable bonds is 8. The third-order valence-corrected chi connectivity index (χ3v) is 10.6. The number of aromatic nitrogens is 1. The second kappa shape index (κ2) is 12.9. The van der Waals surface area contributed by atoms with Crippen molar-refractivity contribution in [3.63, 3.8) is 0 Å². The van der Waals surface area contributed by atoms with Gasteiger partial charge in [0.2, 0.25) is 0 Å². The van der Waals surface area contributed by atoms with Gasteiger partial charge in [-0.15, -0.1) is 12.4 Å². The summed E-state index contributed by atoms with van der Waals surface area (Å²) < 4.78 is 34.7. The Kier molecular flexibility index (Phi) is 9.22. The fourth-order valence-electron chi connectivity index (χ4n) is 5.40. The highest BCUT2D eigenvalue weighted by Gasteiger charge is 2.29. The molecule has 0 saturated carbocycles. The first-order valence-corrected chi connectivity index (χ1v) is 16.1. The fourth-order valence-corrected chi connectivity index (χ4v) is 7.99. The molecule has 2 aliphatic rings. The van der Waals surface area contributed by atoms with Crippen molar-refractivity contribution in [1.29, 1.82) is 0 Å². The molecule has 0 radical (unpaired) electrons. The van der Waals surface area contributed by atoms with E-state index in [2.05, 4.69) is 15.1 Å². The van der Waals surface area contributed by atoms with Crippen molar-refractivity contribution in [1.82, 2.24) is 15.2 Å². The number of amides is 1. The van der Waals surface area contributed by atoms with E-state index >= 15 is 0 Å². The van der Waals surface area contributed by atoms with Gasteiger partial charge in [-0.3, -0.25) is 14.0 Å². The summed E-state index contributed by atoms with van der Waals surface area (Å²) in [6, 6.07) is 19.8. The number of hydrogen-bond acceptors (Lipinski definition) is 8. The summed E-state index contributed by atoms with van der Waals surface area (Å²) in [5.74, 6) is 0.630. The van der Waals surface area contributed by atoms with E-state index in [0.29, 0.717) is 18.7 Å². The molecule has 3 aromatic carbocycles. The highest BCUT2D eigenvalue weighted by atomic mass is 35.5. The van der Waals surface area contributed by atoms with Gasteiger partial charge in [-0.05, 0) is 66.9 Å². The number of nitrogens with zero attached hydrogens (tertiary/aromatic N) is 4. The molecule has 4 aromatic rings. The quantitative estimate of drug-likeness (QED) is 0.309. The number of anilines is 2. The summed E-state index contributed by atoms with van der Waals surface area (Å²) in [6.07, 6.45) is 1.65. The third-order valence-electron chi connectivity index (χ3n) is 7.71. The summed E-state index contributed by atoms with van der Waals surface area (Å²) in [4.78, 5) is 22.4. The lowest BCUT2D eigenvalue weighted by molar-refractivity contribution is 0.0947. The van der Waals surface area contributed by atoms with Crippen molar-refractivity contribution in [3.8, 4) is 5.75 Å². The Morgan fingerprint density at radius 2 is 1.76 bits per heavy atom. The van der Waals surface area contributed by atoms with Crippen molar-refractivity contribution in [3.05, 3.63) is 77.9 Å². The Labute approximate surface area is 256 Å². The minimum Gasteiger partial charge on any atom is -0.497 e. The van der Waals surface area contributed by atoms with Crippen LogP contribution in [0.2, 0.25) is 0 Å². The smallest absolute Gasteiger partial charge is 0.264 e. The number of methoxy groups -OCH3 is 1. The molecular formula is C30H34ClN5O4S2. The average Bonchev–Trinajstić information content (AvgIpc) is 3.44. The number of piperazine rings is 1. The zero-order chi connectivity index (χ0) is 28.4. The molecule has 0 atom stereocenters. The van der Waals surface area contributed by atoms with Gasteiger partial charge in [0.05, 0.1) is 27.9 Å². The van der Waals surface area contributed by atoms with Crippen molar-refractivity contribution in [2.24, 2.45) is 0 Å². The van der Waals surface area contributed by atoms with E-state index in [1.165, 1.54) is 16.4 Å². The van der Waals surface area contributed by atoms with E-state index in [4.69, 9.17) is 9.72 Å². The van der Waals surface area contributed by atoms with Gasteiger partial charge in [0.1, 0.15) is 5.75 Å². The number of sulfonamides is 1. The molecule has 0 unspecified atom stereocenters. The van der Waals surface area contributed by atoms with Crippen LogP contribution in [0, 0.1) is 0 Å². The molecule has 1 N–H and O–H groups in total. The van der Waals surface area contributed by atoms with Crippen LogP contribution >= 0.6 is 23.7 Å². The summed E-state index contributed by atoms with van der Waals surface area (Å²) in [7, 11) is -2.03. The molecule has 0 bridgehead atoms. The number of hydrogen-bond donors (Lipinski definition) is 1. The standard InChI is InChI=1S/C30H33N5O4S2.ClH/c1-39-24-10-13-26-28(21-24)40-30(32-26)34-19-17-33(18-20-34)16-14-31-29(36)23-8-11-25(12-9-23)41(37,38)35-15-4-6-22-5-2-3-7-27(22)35;/h2-3,5,7-13,21H,4,6,14-20H2,1H3,(H,31,36);1H. The number of halogens is 1. The van der Waals surface area contributed by atoms with Crippen LogP contribution in [0.5, 0.6) is 5.75 Å². The van der Waals surface area contributed by atoms with Crippen LogP contribution in [-0.4, -0.2) is 77.1 Å². The summed E-state index contributed by atoms with van der Waals surface area (Å²) in [5.41, 5.74) is 3.21. The van der Waals surface area contributed by atoms with Crippen LogP contribution in [0.25, 0.3) is 10.2 Å². The predicted molar refractivity (Wildman–Crippen MR) is 170 cm³/mol. The molecule has 1 saturated heterocycles. The minimum absolute atomic E-state index is 0. The zero-order valence-electron chi connectivity index (χ0n) is 23.4. The molecule has 2 aliphatic heterocycles. The molecule has 0 aliphatic carbocycles. The molecule has 1 fully saturated rings. The predicted octanol–water partition coefficient (Wildman–Crippen LogP) is 4.42. The number of thiazole rings is 1. The molecule has 1 aromatic heterocycles. The van der Waals surface area contributed by atoms with Gasteiger partial charge in [0, 0.05) is 51.4 Å². The first-order chi connectivity index (χ1) is 19.9. The van der Waals surface area contributed by atoms with Gasteiger partial charge in [0.15, 0.2) is 5.13 Å². The SMILES string of the molecule is COc1ccc2nc(N3CCN(CCNC(=O)c4ccc(S(=O)(=O)N5CCCc6ccccc65)cc4)CC3)sc2c1.Cl. The summed E-state index contributed by atoms with van der Waals surface area (Å²) >= 11 is 1.68. The number of aryl methyl sites for hydroxylation is 1. The fraction of sp³-hybridized carbons (Fsp3) is 0.333. The summed E-state index contributed by atoms with van der Waals surface area (Å²) in [6.45, 7) is 5.25. The first kappa shape index (κ1) is 30.1. The molecule has 6 rings (SSSR count). The van der Waals surface area contributed by atoms with Gasteiger partial charge < -0.3 is 15.0 Å². The third kappa shape index (κ3) is 6.19. The largest absolute Gasteiger partial charge is 0.497 e. The molecule has 12 heteroatoms. The van der Waals surface area contributed by atoms with Gasteiger partial charge >= 0.3 is 0 Å². The number of benzene rings is 3. The van der Waals surface area contributed by atoms with E-state index in [-0.39, 0.29) is 23.2 Å². The lowest BCUT2D eigenvalue weighted by Gasteiger charge is -2.34. The highest BCUT2D eigenvalue weighted by Crippen LogP contribution is 2.33. The Hall–Kier alpha value is -3.38. The summed E-state index contributed by atoms with van der Waals surface area (Å²) in [5, 5.41) is 4.00. The van der Waals surface area contributed by atoms with E-state index in [1.54, 1.807) is 30.6 Å². The molecule has 0 spiro atoms. The number of carbonyl (C=O) groups is 1. The monoisotopic (exact) mass is 627 g/mol. The van der Waals surface area contributed by atoms with Crippen LogP contribution in [0.1, 0.15) is 22.3 Å². The molecule has 42 heavy (non-hydrogen) atoms. The maximum atomic E-state index is 13.4. The maximum Gasteiger partial charge on any atom is 0.264 e. The molecule has 3 heterocycles. The number of ether oxygens (including phenoxy) is 1. The van der Waals surface area contributed by atoms with Gasteiger partial charge in [-0.25, -0.2) is 13.4 Å². The first-order valence-electron chi connectivity index (χ1n) is 13.8. The maximum absolute atomic E-state index is 13.4. The number of para-hydroxylation sites is 1. The Morgan fingerprint density at radius 3 is 2.52 bits per heavy atom.